The van der Waals surface area contributed by atoms with Gasteiger partial charge < -0.3 is 19.9 Å². The molecule has 0 aliphatic carbocycles. The van der Waals surface area contributed by atoms with E-state index in [0.717, 1.165) is 26.0 Å². The summed E-state index contributed by atoms with van der Waals surface area (Å²) >= 11 is 0. The van der Waals surface area contributed by atoms with Crippen molar-refractivity contribution in [1.29, 1.82) is 0 Å². The van der Waals surface area contributed by atoms with E-state index in [2.05, 4.69) is 5.32 Å². The second kappa shape index (κ2) is 5.80. The maximum Gasteiger partial charge on any atom is 0.0744 e. The molecule has 0 amide bonds. The minimum Gasteiger partial charge on any atom is -0.394 e. The first kappa shape index (κ1) is 12.9. The molecule has 4 heteroatoms. The number of hydrogen-bond acceptors (Lipinski definition) is 4. The van der Waals surface area contributed by atoms with Gasteiger partial charge in [0.25, 0.3) is 0 Å². The van der Waals surface area contributed by atoms with Crippen molar-refractivity contribution in [3.63, 3.8) is 0 Å². The molecule has 15 heavy (non-hydrogen) atoms. The van der Waals surface area contributed by atoms with Gasteiger partial charge in [0.1, 0.15) is 0 Å². The first-order valence-corrected chi connectivity index (χ1v) is 5.62. The maximum absolute atomic E-state index is 9.38. The lowest BCUT2D eigenvalue weighted by Gasteiger charge is -2.34. The molecular formula is C11H23NO3. The third-order valence-electron chi connectivity index (χ3n) is 3.34. The van der Waals surface area contributed by atoms with E-state index in [4.69, 9.17) is 9.47 Å². The number of hydrogen-bond donors (Lipinski definition) is 2. The lowest BCUT2D eigenvalue weighted by atomic mass is 9.96. The summed E-state index contributed by atoms with van der Waals surface area (Å²) in [7, 11) is 1.66. The Labute approximate surface area is 92.0 Å². The van der Waals surface area contributed by atoms with E-state index >= 15 is 0 Å². The molecule has 0 saturated carbocycles. The smallest absolute Gasteiger partial charge is 0.0744 e. The topological polar surface area (TPSA) is 50.7 Å². The van der Waals surface area contributed by atoms with Gasteiger partial charge in [-0.05, 0) is 26.7 Å². The van der Waals surface area contributed by atoms with E-state index in [1.807, 2.05) is 13.8 Å². The summed E-state index contributed by atoms with van der Waals surface area (Å²) in [4.78, 5) is 0. The molecule has 0 aromatic carbocycles. The van der Waals surface area contributed by atoms with Crippen LogP contribution in [0.15, 0.2) is 0 Å². The molecule has 0 radical (unpaired) electrons. The molecule has 1 aliphatic heterocycles. The zero-order valence-electron chi connectivity index (χ0n) is 9.95. The zero-order chi connectivity index (χ0) is 11.3. The molecule has 0 aromatic rings. The Balaban J connectivity index is 2.37. The predicted octanol–water partition coefficient (Wildman–Crippen LogP) is 0.541. The van der Waals surface area contributed by atoms with Gasteiger partial charge in [-0.3, -0.25) is 0 Å². The molecule has 4 nitrogen and oxygen atoms in total. The molecule has 0 bridgehead atoms. The summed E-state index contributed by atoms with van der Waals surface area (Å²) in [5.74, 6) is 0. The van der Waals surface area contributed by atoms with Crippen LogP contribution in [-0.2, 0) is 9.47 Å². The normalized spacial score (nSPS) is 27.6. The van der Waals surface area contributed by atoms with Gasteiger partial charge in [-0.15, -0.1) is 0 Å². The molecule has 3 atom stereocenters. The Morgan fingerprint density at radius 2 is 2.40 bits per heavy atom. The predicted molar refractivity (Wildman–Crippen MR) is 58.9 cm³/mol. The first-order chi connectivity index (χ1) is 7.12. The van der Waals surface area contributed by atoms with Crippen LogP contribution in [0.4, 0.5) is 0 Å². The van der Waals surface area contributed by atoms with E-state index in [1.165, 1.54) is 0 Å². The van der Waals surface area contributed by atoms with E-state index in [9.17, 15) is 5.11 Å². The monoisotopic (exact) mass is 217 g/mol. The van der Waals surface area contributed by atoms with Crippen LogP contribution >= 0.6 is 0 Å². The SMILES string of the molecule is COC(C)C(C)(CO)NCC1CCCO1. The fourth-order valence-electron chi connectivity index (χ4n) is 1.74. The molecule has 1 rings (SSSR count). The average Bonchev–Trinajstić information content (AvgIpc) is 2.77. The molecule has 90 valence electrons. The van der Waals surface area contributed by atoms with Crippen molar-refractivity contribution in [2.75, 3.05) is 26.9 Å². The Kier molecular flexibility index (Phi) is 4.99. The van der Waals surface area contributed by atoms with Crippen LogP contribution in [0.2, 0.25) is 0 Å². The summed E-state index contributed by atoms with van der Waals surface area (Å²) < 4.78 is 10.8. The molecule has 2 N–H and O–H groups in total. The maximum atomic E-state index is 9.38. The van der Waals surface area contributed by atoms with E-state index in [-0.39, 0.29) is 18.2 Å². The molecule has 0 aromatic heterocycles. The van der Waals surface area contributed by atoms with E-state index in [1.54, 1.807) is 7.11 Å². The van der Waals surface area contributed by atoms with Gasteiger partial charge in [-0.25, -0.2) is 0 Å². The van der Waals surface area contributed by atoms with Crippen molar-refractivity contribution in [3.05, 3.63) is 0 Å². The molecule has 0 spiro atoms. The molecule has 1 aliphatic rings. The van der Waals surface area contributed by atoms with Crippen LogP contribution in [0, 0.1) is 0 Å². The van der Waals surface area contributed by atoms with Crippen molar-refractivity contribution < 1.29 is 14.6 Å². The molecule has 1 fully saturated rings. The fourth-order valence-corrected chi connectivity index (χ4v) is 1.74. The van der Waals surface area contributed by atoms with Crippen LogP contribution < -0.4 is 5.32 Å². The molecule has 3 unspecified atom stereocenters. The van der Waals surface area contributed by atoms with Crippen molar-refractivity contribution in [3.8, 4) is 0 Å². The van der Waals surface area contributed by atoms with Gasteiger partial charge in [0, 0.05) is 20.3 Å². The Bertz CT molecular complexity index is 183. The number of methoxy groups -OCH3 is 1. The van der Waals surface area contributed by atoms with Crippen molar-refractivity contribution in [2.24, 2.45) is 0 Å². The largest absolute Gasteiger partial charge is 0.394 e. The zero-order valence-corrected chi connectivity index (χ0v) is 9.95. The summed E-state index contributed by atoms with van der Waals surface area (Å²) in [6.07, 6.45) is 2.52. The minimum atomic E-state index is -0.388. The lowest BCUT2D eigenvalue weighted by Crippen LogP contribution is -2.56. The van der Waals surface area contributed by atoms with Crippen LogP contribution in [0.3, 0.4) is 0 Å². The van der Waals surface area contributed by atoms with Gasteiger partial charge in [0.2, 0.25) is 0 Å². The average molecular weight is 217 g/mol. The van der Waals surface area contributed by atoms with Crippen LogP contribution in [-0.4, -0.2) is 49.7 Å². The van der Waals surface area contributed by atoms with E-state index < -0.39 is 0 Å². The Hall–Kier alpha value is -0.160. The Morgan fingerprint density at radius 3 is 2.87 bits per heavy atom. The highest BCUT2D eigenvalue weighted by Gasteiger charge is 2.31. The second-order valence-corrected chi connectivity index (χ2v) is 4.47. The summed E-state index contributed by atoms with van der Waals surface area (Å²) in [6, 6.07) is 0. The van der Waals surface area contributed by atoms with E-state index in [0.29, 0.717) is 6.10 Å². The number of ether oxygens (including phenoxy) is 2. The Morgan fingerprint density at radius 1 is 1.67 bits per heavy atom. The lowest BCUT2D eigenvalue weighted by molar-refractivity contribution is -0.0000851. The first-order valence-electron chi connectivity index (χ1n) is 5.62. The van der Waals surface area contributed by atoms with Crippen molar-refractivity contribution in [1.82, 2.24) is 5.32 Å². The standard InChI is InChI=1S/C11H23NO3/c1-9(14-3)11(2,8-13)12-7-10-5-4-6-15-10/h9-10,12-13H,4-8H2,1-3H3. The fraction of sp³-hybridized carbons (Fsp3) is 1.00. The number of aliphatic hydroxyl groups is 1. The number of nitrogens with one attached hydrogen (secondary N) is 1. The number of rotatable bonds is 6. The highest BCUT2D eigenvalue weighted by Crippen LogP contribution is 2.15. The third-order valence-corrected chi connectivity index (χ3v) is 3.34. The van der Waals surface area contributed by atoms with Crippen LogP contribution in [0.5, 0.6) is 0 Å². The van der Waals surface area contributed by atoms with Gasteiger partial charge in [0.05, 0.1) is 24.4 Å². The quantitative estimate of drug-likeness (QED) is 0.682. The molecule has 1 saturated heterocycles. The number of aliphatic hydroxyl groups excluding tert-OH is 1. The van der Waals surface area contributed by atoms with Crippen molar-refractivity contribution >= 4 is 0 Å². The third kappa shape index (κ3) is 3.41. The molecular weight excluding hydrogens is 194 g/mol. The van der Waals surface area contributed by atoms with Gasteiger partial charge in [0.15, 0.2) is 0 Å². The second-order valence-electron chi connectivity index (χ2n) is 4.47. The van der Waals surface area contributed by atoms with Gasteiger partial charge >= 0.3 is 0 Å². The van der Waals surface area contributed by atoms with Crippen LogP contribution in [0.1, 0.15) is 26.7 Å². The van der Waals surface area contributed by atoms with Crippen LogP contribution in [0.25, 0.3) is 0 Å². The highest BCUT2D eigenvalue weighted by atomic mass is 16.5. The molecule has 1 heterocycles. The van der Waals surface area contributed by atoms with Gasteiger partial charge in [-0.2, -0.15) is 0 Å². The summed E-state index contributed by atoms with van der Waals surface area (Å²) in [5, 5.41) is 12.7. The summed E-state index contributed by atoms with van der Waals surface area (Å²) in [5.41, 5.74) is -0.388. The van der Waals surface area contributed by atoms with Crippen molar-refractivity contribution in [2.45, 2.75) is 44.4 Å². The van der Waals surface area contributed by atoms with Gasteiger partial charge in [-0.1, -0.05) is 0 Å². The summed E-state index contributed by atoms with van der Waals surface area (Å²) in [6.45, 7) is 5.64. The highest BCUT2D eigenvalue weighted by molar-refractivity contribution is 4.89. The minimum absolute atomic E-state index is 0.0242.